The van der Waals surface area contributed by atoms with E-state index in [0.717, 1.165) is 0 Å². The molecule has 118 valence electrons. The van der Waals surface area contributed by atoms with Crippen LogP contribution in [0.25, 0.3) is 0 Å². The minimum Gasteiger partial charge on any atom is -0.409 e. The molecule has 0 heterocycles. The van der Waals surface area contributed by atoms with Gasteiger partial charge in [0.1, 0.15) is 0 Å². The molecule has 21 heavy (non-hydrogen) atoms. The molecule has 0 fully saturated rings. The van der Waals surface area contributed by atoms with Crippen LogP contribution in [0, 0.1) is 5.92 Å². The van der Waals surface area contributed by atoms with Crippen LogP contribution < -0.4 is 5.73 Å². The van der Waals surface area contributed by atoms with Crippen molar-refractivity contribution in [3.05, 3.63) is 29.8 Å². The number of benzene rings is 1. The maximum absolute atomic E-state index is 12.3. The van der Waals surface area contributed by atoms with Crippen molar-refractivity contribution in [3.63, 3.8) is 0 Å². The van der Waals surface area contributed by atoms with Gasteiger partial charge >= 0.3 is 0 Å². The maximum atomic E-state index is 12.3. The third kappa shape index (κ3) is 5.24. The topological polar surface area (TPSA) is 92.8 Å². The van der Waals surface area contributed by atoms with Gasteiger partial charge in [0.05, 0.1) is 10.6 Å². The van der Waals surface area contributed by atoms with Gasteiger partial charge in [0.2, 0.25) is 0 Å². The van der Waals surface area contributed by atoms with E-state index in [1.54, 1.807) is 23.9 Å². The smallest absolute Gasteiger partial charge is 0.179 e. The summed E-state index contributed by atoms with van der Waals surface area (Å²) in [5.74, 6) is 1.04. The number of hydrogen-bond donors (Lipinski definition) is 2. The molecule has 3 N–H and O–H groups in total. The lowest BCUT2D eigenvalue weighted by Gasteiger charge is -2.14. The van der Waals surface area contributed by atoms with E-state index in [1.807, 2.05) is 0 Å². The fourth-order valence-corrected chi connectivity index (χ4v) is 4.41. The van der Waals surface area contributed by atoms with Crippen LogP contribution in [0.5, 0.6) is 0 Å². The fourth-order valence-electron chi connectivity index (χ4n) is 1.56. The fraction of sp³-hybridized carbons (Fsp3) is 0.500. The highest BCUT2D eigenvalue weighted by molar-refractivity contribution is 8.01. The molecule has 1 rings (SSSR count). The molecular weight excluding hydrogens is 308 g/mol. The molecule has 0 saturated heterocycles. The lowest BCUT2D eigenvalue weighted by molar-refractivity contribution is 0.318. The van der Waals surface area contributed by atoms with Crippen LogP contribution in [0.2, 0.25) is 0 Å². The third-order valence-corrected chi connectivity index (χ3v) is 6.75. The molecule has 0 aromatic heterocycles. The Balaban J connectivity index is 2.79. The molecule has 0 amide bonds. The van der Waals surface area contributed by atoms with Crippen molar-refractivity contribution >= 4 is 27.4 Å². The number of nitrogens with two attached hydrogens (primary N) is 1. The van der Waals surface area contributed by atoms with Crippen molar-refractivity contribution in [2.75, 3.05) is 11.5 Å². The molecule has 7 heteroatoms. The third-order valence-electron chi connectivity index (χ3n) is 3.27. The van der Waals surface area contributed by atoms with Crippen LogP contribution in [0.1, 0.15) is 26.3 Å². The summed E-state index contributed by atoms with van der Waals surface area (Å²) in [7, 11) is -3.36. The molecule has 5 nitrogen and oxygen atoms in total. The zero-order valence-electron chi connectivity index (χ0n) is 12.5. The molecule has 0 aliphatic carbocycles. The summed E-state index contributed by atoms with van der Waals surface area (Å²) in [5.41, 5.74) is 5.87. The first-order valence-corrected chi connectivity index (χ1v) is 9.40. The van der Waals surface area contributed by atoms with Gasteiger partial charge in [-0.1, -0.05) is 38.1 Å². The quantitative estimate of drug-likeness (QED) is 0.346. The number of oxime groups is 1. The zero-order valence-corrected chi connectivity index (χ0v) is 14.1. The van der Waals surface area contributed by atoms with Crippen molar-refractivity contribution in [1.29, 1.82) is 0 Å². The molecule has 0 saturated carbocycles. The first-order valence-electron chi connectivity index (χ1n) is 6.70. The standard InChI is InChI=1S/C14H22N2O3S2/c1-10(2)11(3)20-7-8-21(18,19)13-6-4-5-12(9-13)14(15)16-17/h4-6,9-11,17H,7-8H2,1-3H3,(H2,15,16). The SMILES string of the molecule is CC(C)C(C)SCCS(=O)(=O)c1cccc(/C(N)=N/O)c1. The van der Waals surface area contributed by atoms with E-state index in [0.29, 0.717) is 22.5 Å². The summed E-state index contributed by atoms with van der Waals surface area (Å²) in [6.45, 7) is 6.33. The van der Waals surface area contributed by atoms with Crippen LogP contribution in [0.4, 0.5) is 0 Å². The zero-order chi connectivity index (χ0) is 16.0. The van der Waals surface area contributed by atoms with Gasteiger partial charge < -0.3 is 10.9 Å². The minimum absolute atomic E-state index is 0.0777. The summed E-state index contributed by atoms with van der Waals surface area (Å²) in [5, 5.41) is 11.9. The summed E-state index contributed by atoms with van der Waals surface area (Å²) in [6.07, 6.45) is 0. The van der Waals surface area contributed by atoms with Crippen molar-refractivity contribution in [2.24, 2.45) is 16.8 Å². The first kappa shape index (κ1) is 17.8. The molecule has 0 aliphatic heterocycles. The number of rotatable bonds is 7. The van der Waals surface area contributed by atoms with Gasteiger partial charge in [0.15, 0.2) is 15.7 Å². The minimum atomic E-state index is -3.36. The highest BCUT2D eigenvalue weighted by Crippen LogP contribution is 2.21. The van der Waals surface area contributed by atoms with E-state index < -0.39 is 9.84 Å². The van der Waals surface area contributed by atoms with Crippen LogP contribution in [0.3, 0.4) is 0 Å². The second-order valence-electron chi connectivity index (χ2n) is 5.15. The molecule has 0 bridgehead atoms. The highest BCUT2D eigenvalue weighted by atomic mass is 32.2. The molecule has 1 aromatic carbocycles. The lowest BCUT2D eigenvalue weighted by Crippen LogP contribution is -2.16. The number of thioether (sulfide) groups is 1. The summed E-state index contributed by atoms with van der Waals surface area (Å²) in [6, 6.07) is 6.15. The van der Waals surface area contributed by atoms with Crippen molar-refractivity contribution in [2.45, 2.75) is 30.9 Å². The normalized spacial score (nSPS) is 14.4. The molecule has 1 unspecified atom stereocenters. The Bertz CT molecular complexity index is 598. The van der Waals surface area contributed by atoms with Gasteiger partial charge in [-0.3, -0.25) is 0 Å². The Morgan fingerprint density at radius 2 is 2.05 bits per heavy atom. The van der Waals surface area contributed by atoms with Gasteiger partial charge in [0, 0.05) is 16.6 Å². The van der Waals surface area contributed by atoms with Gasteiger partial charge in [-0.15, -0.1) is 0 Å². The molecule has 1 atom stereocenters. The highest BCUT2D eigenvalue weighted by Gasteiger charge is 2.17. The molecule has 1 aromatic rings. The van der Waals surface area contributed by atoms with Crippen molar-refractivity contribution in [3.8, 4) is 0 Å². The van der Waals surface area contributed by atoms with Crippen molar-refractivity contribution in [1.82, 2.24) is 0 Å². The number of hydrogen-bond acceptors (Lipinski definition) is 5. The van der Waals surface area contributed by atoms with Gasteiger partial charge in [-0.25, -0.2) is 8.42 Å². The Hall–Kier alpha value is -1.21. The van der Waals surface area contributed by atoms with Gasteiger partial charge in [-0.2, -0.15) is 11.8 Å². The average Bonchev–Trinajstić information content (AvgIpc) is 2.46. The van der Waals surface area contributed by atoms with E-state index in [9.17, 15) is 8.42 Å². The van der Waals surface area contributed by atoms with E-state index in [1.165, 1.54) is 12.1 Å². The Kier molecular flexibility index (Phi) is 6.54. The predicted molar refractivity (Wildman–Crippen MR) is 87.8 cm³/mol. The van der Waals surface area contributed by atoms with Gasteiger partial charge in [0.25, 0.3) is 0 Å². The number of nitrogens with zero attached hydrogens (tertiary/aromatic N) is 1. The second-order valence-corrected chi connectivity index (χ2v) is 8.75. The second kappa shape index (κ2) is 7.70. The summed E-state index contributed by atoms with van der Waals surface area (Å²) < 4.78 is 24.6. The van der Waals surface area contributed by atoms with E-state index >= 15 is 0 Å². The van der Waals surface area contributed by atoms with E-state index in [-0.39, 0.29) is 16.5 Å². The van der Waals surface area contributed by atoms with Crippen molar-refractivity contribution < 1.29 is 13.6 Å². The maximum Gasteiger partial charge on any atom is 0.179 e. The van der Waals surface area contributed by atoms with E-state index in [2.05, 4.69) is 25.9 Å². The first-order chi connectivity index (χ1) is 9.77. The molecule has 0 aliphatic rings. The number of amidine groups is 1. The monoisotopic (exact) mass is 330 g/mol. The molecular formula is C14H22N2O3S2. The summed E-state index contributed by atoms with van der Waals surface area (Å²) >= 11 is 1.65. The van der Waals surface area contributed by atoms with Crippen LogP contribution in [-0.2, 0) is 9.84 Å². The van der Waals surface area contributed by atoms with E-state index in [4.69, 9.17) is 10.9 Å². The van der Waals surface area contributed by atoms with Crippen LogP contribution in [-0.4, -0.2) is 36.2 Å². The average molecular weight is 330 g/mol. The Morgan fingerprint density at radius 1 is 1.38 bits per heavy atom. The Labute approximate surface area is 130 Å². The van der Waals surface area contributed by atoms with Gasteiger partial charge in [-0.05, 0) is 18.1 Å². The summed E-state index contributed by atoms with van der Waals surface area (Å²) in [4.78, 5) is 0.199. The molecule has 0 spiro atoms. The van der Waals surface area contributed by atoms with Crippen LogP contribution >= 0.6 is 11.8 Å². The lowest BCUT2D eigenvalue weighted by atomic mass is 10.2. The Morgan fingerprint density at radius 3 is 2.62 bits per heavy atom. The number of sulfone groups is 1. The van der Waals surface area contributed by atoms with Crippen LogP contribution in [0.15, 0.2) is 34.3 Å². The molecule has 0 radical (unpaired) electrons. The largest absolute Gasteiger partial charge is 0.409 e. The predicted octanol–water partition coefficient (Wildman–Crippen LogP) is 2.33.